The summed E-state index contributed by atoms with van der Waals surface area (Å²) in [5.41, 5.74) is 0. The van der Waals surface area contributed by atoms with Crippen molar-refractivity contribution >= 4 is 11.3 Å². The van der Waals surface area contributed by atoms with Crippen LogP contribution in [0.3, 0.4) is 0 Å². The molecule has 0 fully saturated rings. The van der Waals surface area contributed by atoms with Crippen LogP contribution in [-0.2, 0) is 16.1 Å². The number of nitrogens with zero attached hydrogens (tertiary/aromatic N) is 2. The van der Waals surface area contributed by atoms with Gasteiger partial charge in [0, 0.05) is 7.11 Å². The number of methoxy groups -OCH3 is 1. The highest BCUT2D eigenvalue weighted by Crippen LogP contribution is 2.21. The van der Waals surface area contributed by atoms with E-state index in [9.17, 15) is 0 Å². The van der Waals surface area contributed by atoms with Crippen molar-refractivity contribution in [3.8, 4) is 0 Å². The Morgan fingerprint density at radius 1 is 1.28 bits per heavy atom. The minimum absolute atomic E-state index is 0.315. The van der Waals surface area contributed by atoms with Crippen molar-refractivity contribution in [2.75, 3.05) is 26.9 Å². The van der Waals surface area contributed by atoms with E-state index in [-0.39, 0.29) is 0 Å². The summed E-state index contributed by atoms with van der Waals surface area (Å²) in [6.45, 7) is 7.05. The van der Waals surface area contributed by atoms with Gasteiger partial charge in [-0.1, -0.05) is 25.2 Å². The molecule has 1 aromatic heterocycles. The molecule has 0 amide bonds. The van der Waals surface area contributed by atoms with Gasteiger partial charge in [0.15, 0.2) is 0 Å². The van der Waals surface area contributed by atoms with Crippen LogP contribution in [0.25, 0.3) is 0 Å². The van der Waals surface area contributed by atoms with Crippen molar-refractivity contribution in [3.63, 3.8) is 0 Å². The lowest BCUT2D eigenvalue weighted by molar-refractivity contribution is 0.0613. The third-order valence-corrected chi connectivity index (χ3v) is 3.50. The topological polar surface area (TPSA) is 56.3 Å². The van der Waals surface area contributed by atoms with Crippen LogP contribution in [0.2, 0.25) is 0 Å². The Labute approximate surface area is 113 Å². The van der Waals surface area contributed by atoms with Gasteiger partial charge < -0.3 is 14.8 Å². The molecule has 1 rings (SSSR count). The Balaban J connectivity index is 2.40. The number of rotatable bonds is 10. The van der Waals surface area contributed by atoms with Crippen LogP contribution in [0.5, 0.6) is 0 Å². The van der Waals surface area contributed by atoms with Crippen molar-refractivity contribution in [2.24, 2.45) is 0 Å². The van der Waals surface area contributed by atoms with Crippen molar-refractivity contribution < 1.29 is 9.47 Å². The summed E-state index contributed by atoms with van der Waals surface area (Å²) in [5.74, 6) is 0. The lowest BCUT2D eigenvalue weighted by atomic mass is 10.2. The van der Waals surface area contributed by atoms with E-state index in [4.69, 9.17) is 9.47 Å². The molecule has 1 N–H and O–H groups in total. The lowest BCUT2D eigenvalue weighted by Crippen LogP contribution is -2.21. The third kappa shape index (κ3) is 5.39. The molecular weight excluding hydrogens is 250 g/mol. The first kappa shape index (κ1) is 15.5. The van der Waals surface area contributed by atoms with E-state index in [0.29, 0.717) is 25.9 Å². The molecule has 5 nitrogen and oxygen atoms in total. The molecule has 0 saturated carbocycles. The van der Waals surface area contributed by atoms with E-state index >= 15 is 0 Å². The van der Waals surface area contributed by atoms with Gasteiger partial charge in [-0.3, -0.25) is 0 Å². The molecule has 0 aromatic carbocycles. The van der Waals surface area contributed by atoms with Crippen LogP contribution >= 0.6 is 11.3 Å². The van der Waals surface area contributed by atoms with Gasteiger partial charge in [-0.25, -0.2) is 0 Å². The minimum Gasteiger partial charge on any atom is -0.382 e. The van der Waals surface area contributed by atoms with Gasteiger partial charge in [-0.05, 0) is 19.4 Å². The zero-order chi connectivity index (χ0) is 13.2. The molecule has 0 bridgehead atoms. The van der Waals surface area contributed by atoms with Gasteiger partial charge in [0.2, 0.25) is 0 Å². The molecule has 18 heavy (non-hydrogen) atoms. The molecular formula is C12H23N3O2S. The quantitative estimate of drug-likeness (QED) is 0.662. The maximum absolute atomic E-state index is 5.43. The fourth-order valence-corrected chi connectivity index (χ4v) is 2.43. The summed E-state index contributed by atoms with van der Waals surface area (Å²) in [6, 6.07) is 0.315. The normalized spacial score (nSPS) is 12.8. The predicted molar refractivity (Wildman–Crippen MR) is 72.8 cm³/mol. The van der Waals surface area contributed by atoms with Crippen LogP contribution < -0.4 is 5.32 Å². The van der Waals surface area contributed by atoms with Gasteiger partial charge >= 0.3 is 0 Å². The van der Waals surface area contributed by atoms with E-state index in [1.165, 1.54) is 0 Å². The lowest BCUT2D eigenvalue weighted by Gasteiger charge is -2.12. The van der Waals surface area contributed by atoms with Crippen molar-refractivity contribution in [2.45, 2.75) is 39.3 Å². The first-order chi connectivity index (χ1) is 8.81. The average molecular weight is 273 g/mol. The highest BCUT2D eigenvalue weighted by atomic mass is 32.1. The third-order valence-electron chi connectivity index (χ3n) is 2.49. The number of aromatic nitrogens is 2. The molecule has 1 unspecified atom stereocenters. The highest BCUT2D eigenvalue weighted by Gasteiger charge is 2.14. The van der Waals surface area contributed by atoms with E-state index in [1.54, 1.807) is 18.4 Å². The zero-order valence-corrected chi connectivity index (χ0v) is 12.3. The van der Waals surface area contributed by atoms with Gasteiger partial charge in [0.1, 0.15) is 16.6 Å². The molecule has 1 aromatic rings. The Morgan fingerprint density at radius 3 is 2.78 bits per heavy atom. The van der Waals surface area contributed by atoms with Crippen molar-refractivity contribution in [3.05, 3.63) is 10.0 Å². The molecule has 1 atom stereocenters. The smallest absolute Gasteiger partial charge is 0.143 e. The van der Waals surface area contributed by atoms with Crippen LogP contribution in [0.4, 0.5) is 0 Å². The molecule has 0 saturated heterocycles. The Morgan fingerprint density at radius 2 is 2.11 bits per heavy atom. The summed E-state index contributed by atoms with van der Waals surface area (Å²) in [6.07, 6.45) is 2.15. The first-order valence-corrected chi connectivity index (χ1v) is 7.25. The fraction of sp³-hybridized carbons (Fsp3) is 0.833. The highest BCUT2D eigenvalue weighted by molar-refractivity contribution is 7.11. The number of ether oxygens (including phenoxy) is 2. The minimum atomic E-state index is 0.315. The molecule has 1 heterocycles. The number of nitrogens with one attached hydrogen (secondary N) is 1. The summed E-state index contributed by atoms with van der Waals surface area (Å²) in [5, 5.41) is 13.8. The second kappa shape index (κ2) is 9.38. The Hall–Kier alpha value is -0.560. The van der Waals surface area contributed by atoms with Gasteiger partial charge in [0.05, 0.1) is 19.3 Å². The summed E-state index contributed by atoms with van der Waals surface area (Å²) >= 11 is 1.62. The van der Waals surface area contributed by atoms with Crippen molar-refractivity contribution in [1.82, 2.24) is 15.5 Å². The average Bonchev–Trinajstić information content (AvgIpc) is 2.84. The maximum atomic E-state index is 5.43. The largest absolute Gasteiger partial charge is 0.382 e. The van der Waals surface area contributed by atoms with Crippen LogP contribution in [-0.4, -0.2) is 37.1 Å². The summed E-state index contributed by atoms with van der Waals surface area (Å²) in [7, 11) is 1.66. The molecule has 0 spiro atoms. The van der Waals surface area contributed by atoms with Crippen molar-refractivity contribution in [1.29, 1.82) is 0 Å². The molecule has 0 aliphatic rings. The monoisotopic (exact) mass is 273 g/mol. The molecule has 104 valence electrons. The summed E-state index contributed by atoms with van der Waals surface area (Å²) < 4.78 is 10.3. The summed E-state index contributed by atoms with van der Waals surface area (Å²) in [4.78, 5) is 0. The molecule has 6 heteroatoms. The zero-order valence-electron chi connectivity index (χ0n) is 11.4. The van der Waals surface area contributed by atoms with E-state index in [1.807, 2.05) is 0 Å². The number of hydrogen-bond donors (Lipinski definition) is 1. The molecule has 0 aliphatic carbocycles. The Bertz CT molecular complexity index is 320. The van der Waals surface area contributed by atoms with E-state index in [2.05, 4.69) is 29.4 Å². The fourth-order valence-electron chi connectivity index (χ4n) is 1.49. The molecule has 0 radical (unpaired) electrons. The van der Waals surface area contributed by atoms with Gasteiger partial charge in [-0.2, -0.15) is 0 Å². The van der Waals surface area contributed by atoms with E-state index < -0.39 is 0 Å². The second-order valence-electron chi connectivity index (χ2n) is 3.99. The van der Waals surface area contributed by atoms with Gasteiger partial charge in [-0.15, -0.1) is 10.2 Å². The Kier molecular flexibility index (Phi) is 8.08. The standard InChI is InChI=1S/C12H23N3O2S/c1-4-6-13-10(5-2)12-15-14-11(18-12)9-17-8-7-16-3/h10,13H,4-9H2,1-3H3. The maximum Gasteiger partial charge on any atom is 0.143 e. The van der Waals surface area contributed by atoms with Gasteiger partial charge in [0.25, 0.3) is 0 Å². The van der Waals surface area contributed by atoms with Crippen LogP contribution in [0.1, 0.15) is 42.7 Å². The second-order valence-corrected chi connectivity index (χ2v) is 5.09. The van der Waals surface area contributed by atoms with Crippen LogP contribution in [0.15, 0.2) is 0 Å². The first-order valence-electron chi connectivity index (χ1n) is 6.44. The van der Waals surface area contributed by atoms with Crippen LogP contribution in [0, 0.1) is 0 Å². The predicted octanol–water partition coefficient (Wildman–Crippen LogP) is 2.15. The molecule has 0 aliphatic heterocycles. The van der Waals surface area contributed by atoms with E-state index in [0.717, 1.165) is 29.4 Å². The SMILES string of the molecule is CCCNC(CC)c1nnc(COCCOC)s1. The number of hydrogen-bond acceptors (Lipinski definition) is 6.